The van der Waals surface area contributed by atoms with Gasteiger partial charge in [0.05, 0.1) is 11.3 Å². The van der Waals surface area contributed by atoms with E-state index >= 15 is 0 Å². The molecule has 0 aliphatic heterocycles. The van der Waals surface area contributed by atoms with Crippen LogP contribution in [0.25, 0.3) is 11.3 Å². The molecular weight excluding hydrogens is 393 g/mol. The number of halogens is 4. The quantitative estimate of drug-likeness (QED) is 0.431. The predicted octanol–water partition coefficient (Wildman–Crippen LogP) is 7.09. The highest BCUT2D eigenvalue weighted by molar-refractivity contribution is 7.99. The summed E-state index contributed by atoms with van der Waals surface area (Å²) >= 11 is 6.96. The third kappa shape index (κ3) is 4.62. The molecule has 2 aromatic carbocycles. The molecule has 140 valence electrons. The summed E-state index contributed by atoms with van der Waals surface area (Å²) in [5.41, 5.74) is 1.01. The molecule has 0 N–H and O–H groups in total. The number of alkyl halides is 3. The van der Waals surface area contributed by atoms with Crippen LogP contribution >= 0.6 is 23.4 Å². The first kappa shape index (κ1) is 19.7. The number of hydrogen-bond acceptors (Lipinski definition) is 3. The summed E-state index contributed by atoms with van der Waals surface area (Å²) in [6.07, 6.45) is -3.26. The van der Waals surface area contributed by atoms with Gasteiger partial charge in [0.25, 0.3) is 0 Å². The van der Waals surface area contributed by atoms with E-state index in [4.69, 9.17) is 11.6 Å². The van der Waals surface area contributed by atoms with E-state index in [0.29, 0.717) is 11.3 Å². The van der Waals surface area contributed by atoms with Gasteiger partial charge in [-0.25, -0.2) is 9.97 Å². The molecule has 1 aromatic heterocycles. The summed E-state index contributed by atoms with van der Waals surface area (Å²) in [5.74, 6) is 0.213. The monoisotopic (exact) mass is 408 g/mol. The van der Waals surface area contributed by atoms with Crippen LogP contribution in [0.1, 0.15) is 30.9 Å². The van der Waals surface area contributed by atoms with Crippen molar-refractivity contribution in [2.75, 3.05) is 0 Å². The van der Waals surface area contributed by atoms with Crippen molar-refractivity contribution in [3.8, 4) is 11.3 Å². The van der Waals surface area contributed by atoms with E-state index in [1.54, 1.807) is 6.07 Å². The largest absolute Gasteiger partial charge is 0.417 e. The van der Waals surface area contributed by atoms with Crippen molar-refractivity contribution in [1.82, 2.24) is 9.97 Å². The molecule has 0 fully saturated rings. The first-order chi connectivity index (χ1) is 12.8. The Labute approximate surface area is 164 Å². The van der Waals surface area contributed by atoms with Gasteiger partial charge in [-0.1, -0.05) is 61.5 Å². The number of benzene rings is 2. The lowest BCUT2D eigenvalue weighted by Crippen LogP contribution is -2.07. The zero-order valence-electron chi connectivity index (χ0n) is 14.6. The molecule has 2 nitrogen and oxygen atoms in total. The van der Waals surface area contributed by atoms with Crippen molar-refractivity contribution in [3.05, 3.63) is 71.1 Å². The van der Waals surface area contributed by atoms with Crippen LogP contribution in [0.5, 0.6) is 0 Å². The topological polar surface area (TPSA) is 25.8 Å². The van der Waals surface area contributed by atoms with Crippen LogP contribution in [-0.4, -0.2) is 9.97 Å². The molecule has 0 atom stereocenters. The minimum atomic E-state index is -4.48. The van der Waals surface area contributed by atoms with Crippen LogP contribution in [0, 0.1) is 0 Å². The van der Waals surface area contributed by atoms with Crippen LogP contribution in [0.15, 0.2) is 64.6 Å². The lowest BCUT2D eigenvalue weighted by Gasteiger charge is -2.17. The second kappa shape index (κ2) is 7.90. The van der Waals surface area contributed by atoms with Gasteiger partial charge in [0.15, 0.2) is 0 Å². The number of aromatic nitrogens is 2. The maximum Gasteiger partial charge on any atom is 0.417 e. The van der Waals surface area contributed by atoms with Crippen molar-refractivity contribution in [3.63, 3.8) is 0 Å². The van der Waals surface area contributed by atoms with Crippen LogP contribution in [-0.2, 0) is 6.18 Å². The summed E-state index contributed by atoms with van der Waals surface area (Å²) in [4.78, 5) is 8.75. The fourth-order valence-electron chi connectivity index (χ4n) is 2.66. The highest BCUT2D eigenvalue weighted by Gasteiger charge is 2.34. The number of hydrogen-bond donors (Lipinski definition) is 0. The Hall–Kier alpha value is -2.05. The predicted molar refractivity (Wildman–Crippen MR) is 102 cm³/mol. The smallest absolute Gasteiger partial charge is 0.236 e. The van der Waals surface area contributed by atoms with E-state index in [0.717, 1.165) is 28.3 Å². The molecule has 3 aromatic rings. The molecule has 27 heavy (non-hydrogen) atoms. The molecule has 0 saturated heterocycles. The highest BCUT2D eigenvalue weighted by atomic mass is 35.5. The van der Waals surface area contributed by atoms with Gasteiger partial charge in [-0.3, -0.25) is 0 Å². The Balaban J connectivity index is 2.06. The molecule has 7 heteroatoms. The molecule has 1 heterocycles. The summed E-state index contributed by atoms with van der Waals surface area (Å²) in [7, 11) is 0. The summed E-state index contributed by atoms with van der Waals surface area (Å²) in [6, 6.07) is 13.2. The zero-order valence-corrected chi connectivity index (χ0v) is 16.2. The molecule has 0 amide bonds. The normalized spacial score (nSPS) is 11.8. The highest BCUT2D eigenvalue weighted by Crippen LogP contribution is 2.43. The Morgan fingerprint density at radius 1 is 0.963 bits per heavy atom. The van der Waals surface area contributed by atoms with Gasteiger partial charge in [0, 0.05) is 21.4 Å². The number of nitrogens with zero attached hydrogens (tertiary/aromatic N) is 2. The maximum atomic E-state index is 13.7. The average molecular weight is 409 g/mol. The first-order valence-corrected chi connectivity index (χ1v) is 9.41. The van der Waals surface area contributed by atoms with E-state index in [9.17, 15) is 13.2 Å². The number of rotatable bonds is 4. The fourth-order valence-corrected chi connectivity index (χ4v) is 4.03. The Kier molecular flexibility index (Phi) is 5.77. The molecule has 3 rings (SSSR count). The van der Waals surface area contributed by atoms with Gasteiger partial charge in [-0.2, -0.15) is 13.2 Å². The molecular formula is C20H16ClF3N2S. The summed E-state index contributed by atoms with van der Waals surface area (Å²) < 4.78 is 41.1. The fraction of sp³-hybridized carbons (Fsp3) is 0.200. The second-order valence-corrected chi connectivity index (χ2v) is 7.70. The minimum Gasteiger partial charge on any atom is -0.236 e. The van der Waals surface area contributed by atoms with Gasteiger partial charge in [0.1, 0.15) is 11.5 Å². The van der Waals surface area contributed by atoms with Crippen LogP contribution < -0.4 is 0 Å². The van der Waals surface area contributed by atoms with E-state index in [1.807, 2.05) is 38.1 Å². The van der Waals surface area contributed by atoms with Crippen LogP contribution in [0.4, 0.5) is 13.2 Å². The first-order valence-electron chi connectivity index (χ1n) is 8.21. The molecule has 0 spiro atoms. The molecule has 0 aliphatic rings. The van der Waals surface area contributed by atoms with Crippen molar-refractivity contribution in [2.24, 2.45) is 0 Å². The van der Waals surface area contributed by atoms with Crippen LogP contribution in [0.2, 0.25) is 5.15 Å². The maximum absolute atomic E-state index is 13.7. The van der Waals surface area contributed by atoms with Crippen molar-refractivity contribution < 1.29 is 13.2 Å². The van der Waals surface area contributed by atoms with Crippen molar-refractivity contribution in [1.29, 1.82) is 0 Å². The van der Waals surface area contributed by atoms with E-state index in [1.165, 1.54) is 18.5 Å². The Morgan fingerprint density at radius 2 is 1.70 bits per heavy atom. The average Bonchev–Trinajstić information content (AvgIpc) is 2.61. The van der Waals surface area contributed by atoms with Crippen molar-refractivity contribution >= 4 is 23.4 Å². The van der Waals surface area contributed by atoms with Gasteiger partial charge in [0.2, 0.25) is 0 Å². The second-order valence-electron chi connectivity index (χ2n) is 6.23. The van der Waals surface area contributed by atoms with E-state index < -0.39 is 11.7 Å². The third-order valence-electron chi connectivity index (χ3n) is 3.98. The van der Waals surface area contributed by atoms with Gasteiger partial charge in [-0.05, 0) is 29.7 Å². The molecule has 0 radical (unpaired) electrons. The van der Waals surface area contributed by atoms with E-state index in [-0.39, 0.29) is 16.0 Å². The van der Waals surface area contributed by atoms with Crippen molar-refractivity contribution in [2.45, 2.75) is 35.7 Å². The molecule has 0 aliphatic carbocycles. The molecule has 0 saturated carbocycles. The molecule has 0 bridgehead atoms. The van der Waals surface area contributed by atoms with Crippen LogP contribution in [0.3, 0.4) is 0 Å². The third-order valence-corrected chi connectivity index (χ3v) is 5.35. The SMILES string of the molecule is CC(C)c1ccccc1Sc1ccc(-c2cc(Cl)ncn2)cc1C(F)(F)F. The van der Waals surface area contributed by atoms with Gasteiger partial charge >= 0.3 is 6.18 Å². The Bertz CT molecular complexity index is 958. The Morgan fingerprint density at radius 3 is 2.37 bits per heavy atom. The summed E-state index contributed by atoms with van der Waals surface area (Å²) in [5, 5.41) is 0.179. The summed E-state index contributed by atoms with van der Waals surface area (Å²) in [6.45, 7) is 4.04. The van der Waals surface area contributed by atoms with E-state index in [2.05, 4.69) is 9.97 Å². The molecule has 0 unspecified atom stereocenters. The van der Waals surface area contributed by atoms with Gasteiger partial charge < -0.3 is 0 Å². The lowest BCUT2D eigenvalue weighted by atomic mass is 10.0. The minimum absolute atomic E-state index is 0.152. The van der Waals surface area contributed by atoms with Gasteiger partial charge in [-0.15, -0.1) is 0 Å². The lowest BCUT2D eigenvalue weighted by molar-refractivity contribution is -0.139. The zero-order chi connectivity index (χ0) is 19.6. The standard InChI is InChI=1S/C20H16ClF3N2S/c1-12(2)14-5-3-4-6-17(14)27-18-8-7-13(9-15(18)20(22,23)24)16-10-19(21)26-11-25-16/h3-12H,1-2H3.